The van der Waals surface area contributed by atoms with Crippen LogP contribution in [-0.4, -0.2) is 110 Å². The second kappa shape index (κ2) is 15.4. The Hall–Kier alpha value is -4.78. The summed E-state index contributed by atoms with van der Waals surface area (Å²) in [6.45, 7) is 1.61. The van der Waals surface area contributed by atoms with Crippen molar-refractivity contribution >= 4 is 41.6 Å². The first kappa shape index (κ1) is 36.1. The third-order valence-corrected chi connectivity index (χ3v) is 7.83. The van der Waals surface area contributed by atoms with E-state index in [2.05, 4.69) is 26.0 Å². The molecule has 4 amide bonds. The van der Waals surface area contributed by atoms with Crippen LogP contribution in [0.25, 0.3) is 11.3 Å². The van der Waals surface area contributed by atoms with Crippen molar-refractivity contribution in [3.05, 3.63) is 52.7 Å². The van der Waals surface area contributed by atoms with Crippen LogP contribution >= 0.6 is 11.6 Å². The quantitative estimate of drug-likeness (QED) is 0.215. The van der Waals surface area contributed by atoms with Crippen molar-refractivity contribution in [2.75, 3.05) is 44.6 Å². The Balaban J connectivity index is 0.00000167. The van der Waals surface area contributed by atoms with Gasteiger partial charge < -0.3 is 35.4 Å². The number of anilines is 1. The standard InChI is InChI=1S/C27H29ClF5N9O3.CH2O2/c1-39-20(18-13-42(14-21(29)30)38-22(18)27(31,32)33)12-35-23(39)24(43)36-15-2-3-17(19(28)10-15)25(44)40-6-8-41(9-7-40)26(45)37-16-4-5-34-11-16;2-1-3/h2-3,10,12-13,16,21,34H,4-9,11,14H2,1H3,(H,36,43)(H,37,45);1H,(H,2,3)/t16-;/m0./s1. The van der Waals surface area contributed by atoms with Crippen LogP contribution in [0.4, 0.5) is 32.4 Å². The van der Waals surface area contributed by atoms with Crippen LogP contribution < -0.4 is 16.0 Å². The van der Waals surface area contributed by atoms with Crippen LogP contribution in [0.3, 0.4) is 0 Å². The molecule has 4 heterocycles. The highest BCUT2D eigenvalue weighted by molar-refractivity contribution is 6.34. The molecule has 5 rings (SSSR count). The maximum Gasteiger partial charge on any atom is 0.435 e. The van der Waals surface area contributed by atoms with Crippen molar-refractivity contribution in [2.45, 2.75) is 31.6 Å². The number of carbonyl (C=O) groups is 4. The Morgan fingerprint density at radius 3 is 2.42 bits per heavy atom. The Kier molecular flexibility index (Phi) is 11.6. The molecular formula is C28H31ClF5N9O5. The van der Waals surface area contributed by atoms with Gasteiger partial charge in [-0.25, -0.2) is 18.6 Å². The van der Waals surface area contributed by atoms with E-state index in [1.165, 1.54) is 25.2 Å². The Morgan fingerprint density at radius 2 is 1.83 bits per heavy atom. The summed E-state index contributed by atoms with van der Waals surface area (Å²) in [6.07, 6.45) is -5.17. The lowest BCUT2D eigenvalue weighted by molar-refractivity contribution is -0.141. The number of carboxylic acid groups (broad SMARTS) is 1. The molecule has 2 aliphatic rings. The van der Waals surface area contributed by atoms with Gasteiger partial charge in [-0.15, -0.1) is 0 Å². The Bertz CT molecular complexity index is 1630. The number of nitrogens with one attached hydrogen (secondary N) is 3. The van der Waals surface area contributed by atoms with E-state index < -0.39 is 36.3 Å². The minimum absolute atomic E-state index is 0.0495. The van der Waals surface area contributed by atoms with Crippen molar-refractivity contribution in [1.82, 2.24) is 39.8 Å². The maximum atomic E-state index is 13.6. The van der Waals surface area contributed by atoms with E-state index in [1.54, 1.807) is 9.80 Å². The number of imidazole rings is 1. The van der Waals surface area contributed by atoms with Crippen LogP contribution in [0.5, 0.6) is 0 Å². The Morgan fingerprint density at radius 1 is 1.17 bits per heavy atom. The number of alkyl halides is 5. The highest BCUT2D eigenvalue weighted by atomic mass is 35.5. The van der Waals surface area contributed by atoms with Crippen LogP contribution in [0.2, 0.25) is 5.02 Å². The normalized spacial score (nSPS) is 16.4. The number of hydrogen-bond acceptors (Lipinski definition) is 7. The number of amides is 4. The number of aromatic nitrogens is 4. The summed E-state index contributed by atoms with van der Waals surface area (Å²) in [5, 5.41) is 18.9. The van der Waals surface area contributed by atoms with Gasteiger partial charge in [-0.2, -0.15) is 18.3 Å². The summed E-state index contributed by atoms with van der Waals surface area (Å²) in [4.78, 5) is 54.2. The van der Waals surface area contributed by atoms with Gasteiger partial charge in [-0.3, -0.25) is 19.1 Å². The zero-order valence-corrected chi connectivity index (χ0v) is 26.1. The minimum Gasteiger partial charge on any atom is -0.483 e. The summed E-state index contributed by atoms with van der Waals surface area (Å²) >= 11 is 6.39. The number of nitrogens with zero attached hydrogens (tertiary/aromatic N) is 6. The molecule has 4 N–H and O–H groups in total. The first-order chi connectivity index (χ1) is 22.7. The van der Waals surface area contributed by atoms with Gasteiger partial charge in [0, 0.05) is 57.7 Å². The maximum absolute atomic E-state index is 13.6. The van der Waals surface area contributed by atoms with Gasteiger partial charge >= 0.3 is 12.2 Å². The lowest BCUT2D eigenvalue weighted by Gasteiger charge is -2.35. The summed E-state index contributed by atoms with van der Waals surface area (Å²) in [6, 6.07) is 4.14. The number of piperazine rings is 1. The van der Waals surface area contributed by atoms with E-state index in [0.717, 1.165) is 36.5 Å². The molecule has 2 fully saturated rings. The molecule has 20 heteroatoms. The van der Waals surface area contributed by atoms with Gasteiger partial charge in [0.05, 0.1) is 28.0 Å². The summed E-state index contributed by atoms with van der Waals surface area (Å²) < 4.78 is 67.9. The van der Waals surface area contributed by atoms with Gasteiger partial charge in [-0.05, 0) is 31.2 Å². The van der Waals surface area contributed by atoms with E-state index in [1.807, 2.05) is 0 Å². The zero-order chi connectivity index (χ0) is 35.2. The second-order valence-electron chi connectivity index (χ2n) is 10.7. The molecule has 48 heavy (non-hydrogen) atoms. The lowest BCUT2D eigenvalue weighted by atomic mass is 10.1. The van der Waals surface area contributed by atoms with E-state index in [4.69, 9.17) is 21.5 Å². The fraction of sp³-hybridized carbons (Fsp3) is 0.429. The molecule has 0 unspecified atom stereocenters. The third kappa shape index (κ3) is 8.57. The van der Waals surface area contributed by atoms with Gasteiger partial charge in [0.1, 0.15) is 6.54 Å². The first-order valence-corrected chi connectivity index (χ1v) is 14.8. The molecule has 0 aliphatic carbocycles. The summed E-state index contributed by atoms with van der Waals surface area (Å²) in [7, 11) is 1.30. The highest BCUT2D eigenvalue weighted by Gasteiger charge is 2.39. The Labute approximate surface area is 274 Å². The van der Waals surface area contributed by atoms with Crippen LogP contribution in [-0.2, 0) is 24.6 Å². The van der Waals surface area contributed by atoms with E-state index in [0.29, 0.717) is 30.9 Å². The number of benzene rings is 1. The number of urea groups is 1. The van der Waals surface area contributed by atoms with Crippen molar-refractivity contribution < 1.29 is 46.2 Å². The van der Waals surface area contributed by atoms with Gasteiger partial charge in [0.25, 0.3) is 24.7 Å². The third-order valence-electron chi connectivity index (χ3n) is 7.52. The van der Waals surface area contributed by atoms with Gasteiger partial charge in [0.15, 0.2) is 11.5 Å². The molecule has 1 atom stereocenters. The zero-order valence-electron chi connectivity index (χ0n) is 25.3. The largest absolute Gasteiger partial charge is 0.483 e. The van der Waals surface area contributed by atoms with E-state index in [9.17, 15) is 36.3 Å². The van der Waals surface area contributed by atoms with E-state index in [-0.39, 0.29) is 52.2 Å². The monoisotopic (exact) mass is 703 g/mol. The smallest absolute Gasteiger partial charge is 0.435 e. The van der Waals surface area contributed by atoms with Crippen molar-refractivity contribution in [3.63, 3.8) is 0 Å². The number of carbonyl (C=O) groups excluding carboxylic acids is 3. The predicted molar refractivity (Wildman–Crippen MR) is 161 cm³/mol. The number of rotatable bonds is 7. The molecule has 0 saturated carbocycles. The van der Waals surface area contributed by atoms with Crippen molar-refractivity contribution in [3.8, 4) is 11.3 Å². The average Bonchev–Trinajstić information content (AvgIpc) is 3.77. The van der Waals surface area contributed by atoms with E-state index >= 15 is 0 Å². The van der Waals surface area contributed by atoms with Crippen LogP contribution in [0, 0.1) is 0 Å². The fourth-order valence-corrected chi connectivity index (χ4v) is 5.47. The molecule has 14 nitrogen and oxygen atoms in total. The average molecular weight is 704 g/mol. The number of hydrogen-bond donors (Lipinski definition) is 4. The van der Waals surface area contributed by atoms with Gasteiger partial charge in [-0.1, -0.05) is 11.6 Å². The number of halogens is 6. The molecular weight excluding hydrogens is 673 g/mol. The van der Waals surface area contributed by atoms with Crippen LogP contribution in [0.15, 0.2) is 30.6 Å². The fourth-order valence-electron chi connectivity index (χ4n) is 5.20. The first-order valence-electron chi connectivity index (χ1n) is 14.4. The molecule has 260 valence electrons. The molecule has 2 aliphatic heterocycles. The minimum atomic E-state index is -4.94. The molecule has 0 radical (unpaired) electrons. The lowest BCUT2D eigenvalue weighted by Crippen LogP contribution is -2.54. The van der Waals surface area contributed by atoms with Gasteiger partial charge in [0.2, 0.25) is 0 Å². The molecule has 2 saturated heterocycles. The van der Waals surface area contributed by atoms with Crippen molar-refractivity contribution in [2.24, 2.45) is 7.05 Å². The molecule has 3 aromatic rings. The summed E-state index contributed by atoms with van der Waals surface area (Å²) in [5.74, 6) is -1.42. The summed E-state index contributed by atoms with van der Waals surface area (Å²) in [5.41, 5.74) is -1.70. The molecule has 2 aromatic heterocycles. The predicted octanol–water partition coefficient (Wildman–Crippen LogP) is 3.00. The highest BCUT2D eigenvalue weighted by Crippen LogP contribution is 2.36. The van der Waals surface area contributed by atoms with Crippen molar-refractivity contribution in [1.29, 1.82) is 0 Å². The molecule has 1 aromatic carbocycles. The molecule has 0 bridgehead atoms. The molecule has 0 spiro atoms. The SMILES string of the molecule is Cn1c(-c2cn(CC(F)F)nc2C(F)(F)F)cnc1C(=O)Nc1ccc(C(=O)N2CCN(C(=O)N[C@H]3CCNC3)CC2)c(Cl)c1.O=CO. The second-order valence-corrected chi connectivity index (χ2v) is 11.1. The topological polar surface area (TPSA) is 167 Å². The van der Waals surface area contributed by atoms with Crippen LogP contribution in [0.1, 0.15) is 33.1 Å².